The van der Waals surface area contributed by atoms with E-state index in [4.69, 9.17) is 9.84 Å². The summed E-state index contributed by atoms with van der Waals surface area (Å²) in [7, 11) is 3.43. The Morgan fingerprint density at radius 2 is 2.24 bits per heavy atom. The van der Waals surface area contributed by atoms with Crippen LogP contribution in [0, 0.1) is 0 Å². The van der Waals surface area contributed by atoms with Gasteiger partial charge in [0.2, 0.25) is 0 Å². The normalized spacial score (nSPS) is 14.0. The van der Waals surface area contributed by atoms with Crippen molar-refractivity contribution in [3.05, 3.63) is 23.1 Å². The number of allylic oxidation sites excluding steroid dienone is 1. The van der Waals surface area contributed by atoms with Crippen molar-refractivity contribution in [1.29, 1.82) is 0 Å². The first-order valence-corrected chi connectivity index (χ1v) is 7.83. The van der Waals surface area contributed by atoms with Crippen LogP contribution in [0.3, 0.4) is 0 Å². The Morgan fingerprint density at radius 3 is 2.76 bits per heavy atom. The van der Waals surface area contributed by atoms with Gasteiger partial charge in [-0.25, -0.2) is 4.79 Å². The van der Waals surface area contributed by atoms with Gasteiger partial charge in [0.1, 0.15) is 6.61 Å². The summed E-state index contributed by atoms with van der Waals surface area (Å²) in [5.74, 6) is -0.459. The number of rotatable bonds is 8. The molecule has 0 radical (unpaired) electrons. The highest BCUT2D eigenvalue weighted by atomic mass is 33.1. The van der Waals surface area contributed by atoms with E-state index < -0.39 is 5.97 Å². The lowest BCUT2D eigenvalue weighted by atomic mass is 10.3. The summed E-state index contributed by atoms with van der Waals surface area (Å²) in [6.45, 7) is 5.98. The minimum absolute atomic E-state index is 0.240. The first-order chi connectivity index (χ1) is 8.15. The molecule has 1 atom stereocenters. The van der Waals surface area contributed by atoms with E-state index in [9.17, 15) is 4.79 Å². The summed E-state index contributed by atoms with van der Waals surface area (Å²) < 4.78 is 4.94. The molecule has 0 aliphatic heterocycles. The number of ether oxygens (including phenoxy) is 1. The molecule has 1 unspecified atom stereocenters. The molecule has 17 heavy (non-hydrogen) atoms. The quantitative estimate of drug-likeness (QED) is 0.419. The molecule has 0 aromatic carbocycles. The zero-order valence-electron chi connectivity index (χ0n) is 10.5. The molecule has 0 rings (SSSR count). The van der Waals surface area contributed by atoms with E-state index in [1.165, 1.54) is 0 Å². The summed E-state index contributed by atoms with van der Waals surface area (Å²) >= 11 is 0. The van der Waals surface area contributed by atoms with Crippen LogP contribution >= 0.6 is 21.6 Å². The number of hydrogen-bond donors (Lipinski definition) is 1. The van der Waals surface area contributed by atoms with Gasteiger partial charge in [-0.3, -0.25) is 0 Å². The number of aliphatic hydroxyl groups is 1. The Morgan fingerprint density at radius 1 is 1.53 bits per heavy atom. The Labute approximate surface area is 111 Å². The first-order valence-electron chi connectivity index (χ1n) is 5.56. The smallest absolute Gasteiger partial charge is 0.336 e. The Kier molecular flexibility index (Phi) is 10.5. The third-order valence-corrected chi connectivity index (χ3v) is 4.77. The van der Waals surface area contributed by atoms with E-state index >= 15 is 0 Å². The Hall–Kier alpha value is -0.390. The first kappa shape index (κ1) is 16.6. The molecule has 0 spiro atoms. The lowest BCUT2D eigenvalue weighted by Crippen LogP contribution is -2.10. The van der Waals surface area contributed by atoms with Gasteiger partial charge in [0, 0.05) is 5.25 Å². The van der Waals surface area contributed by atoms with E-state index in [-0.39, 0.29) is 13.2 Å². The summed E-state index contributed by atoms with van der Waals surface area (Å²) in [5.41, 5.74) is 0.292. The number of esters is 1. The van der Waals surface area contributed by atoms with Crippen LogP contribution < -0.4 is 0 Å². The fourth-order valence-corrected chi connectivity index (χ4v) is 2.72. The monoisotopic (exact) mass is 276 g/mol. The van der Waals surface area contributed by atoms with Crippen LogP contribution in [-0.4, -0.2) is 29.5 Å². The number of aliphatic hydroxyl groups excluding tert-OH is 1. The van der Waals surface area contributed by atoms with Gasteiger partial charge >= 0.3 is 5.97 Å². The molecule has 0 saturated heterocycles. The van der Waals surface area contributed by atoms with E-state index in [2.05, 4.69) is 13.8 Å². The molecule has 0 aromatic heterocycles. The van der Waals surface area contributed by atoms with Crippen LogP contribution in [0.1, 0.15) is 27.2 Å². The second kappa shape index (κ2) is 10.7. The maximum atomic E-state index is 11.3. The van der Waals surface area contributed by atoms with Crippen molar-refractivity contribution in [2.24, 2.45) is 0 Å². The molecule has 0 bridgehead atoms. The molecule has 0 saturated carbocycles. The molecule has 0 aromatic rings. The molecule has 5 heteroatoms. The van der Waals surface area contributed by atoms with Gasteiger partial charge in [0.15, 0.2) is 0 Å². The number of carbonyl (C=O) groups is 1. The minimum Gasteiger partial charge on any atom is -0.458 e. The van der Waals surface area contributed by atoms with Gasteiger partial charge in [-0.15, -0.1) is 0 Å². The number of hydrogen-bond acceptors (Lipinski definition) is 5. The second-order valence-electron chi connectivity index (χ2n) is 3.35. The van der Waals surface area contributed by atoms with Gasteiger partial charge in [-0.2, -0.15) is 0 Å². The zero-order valence-corrected chi connectivity index (χ0v) is 12.1. The molecule has 0 amide bonds. The number of carbonyl (C=O) groups excluding carboxylic acids is 1. The average Bonchev–Trinajstić information content (AvgIpc) is 2.34. The lowest BCUT2D eigenvalue weighted by molar-refractivity contribution is -0.138. The highest BCUT2D eigenvalue weighted by Gasteiger charge is 2.06. The molecule has 98 valence electrons. The second-order valence-corrected chi connectivity index (χ2v) is 5.97. The fourth-order valence-electron chi connectivity index (χ4n) is 0.764. The van der Waals surface area contributed by atoms with E-state index in [1.54, 1.807) is 40.7 Å². The third-order valence-electron chi connectivity index (χ3n) is 2.04. The van der Waals surface area contributed by atoms with Crippen LogP contribution in [-0.2, 0) is 9.53 Å². The van der Waals surface area contributed by atoms with Gasteiger partial charge < -0.3 is 9.84 Å². The summed E-state index contributed by atoms with van der Waals surface area (Å²) in [6, 6.07) is 0. The van der Waals surface area contributed by atoms with Crippen molar-refractivity contribution >= 4 is 27.6 Å². The Balaban J connectivity index is 3.70. The van der Waals surface area contributed by atoms with Crippen LogP contribution in [0.25, 0.3) is 0 Å². The van der Waals surface area contributed by atoms with Gasteiger partial charge in [0.25, 0.3) is 0 Å². The summed E-state index contributed by atoms with van der Waals surface area (Å²) in [4.78, 5) is 11.3. The topological polar surface area (TPSA) is 46.5 Å². The van der Waals surface area contributed by atoms with Crippen molar-refractivity contribution < 1.29 is 14.6 Å². The van der Waals surface area contributed by atoms with E-state index in [1.807, 2.05) is 5.41 Å². The summed E-state index contributed by atoms with van der Waals surface area (Å²) in [5, 5.41) is 11.4. The molecule has 0 aliphatic rings. The minimum atomic E-state index is -0.459. The van der Waals surface area contributed by atoms with Crippen molar-refractivity contribution in [3.63, 3.8) is 0 Å². The molecule has 0 fully saturated rings. The van der Waals surface area contributed by atoms with Gasteiger partial charge in [-0.1, -0.05) is 41.5 Å². The highest BCUT2D eigenvalue weighted by Crippen LogP contribution is 2.28. The maximum absolute atomic E-state index is 11.3. The van der Waals surface area contributed by atoms with Crippen LogP contribution in [0.15, 0.2) is 23.1 Å². The van der Waals surface area contributed by atoms with Crippen molar-refractivity contribution in [3.8, 4) is 0 Å². The molecule has 1 N–H and O–H groups in total. The summed E-state index contributed by atoms with van der Waals surface area (Å²) in [6.07, 6.45) is 4.49. The maximum Gasteiger partial charge on any atom is 0.336 e. The third kappa shape index (κ3) is 8.35. The van der Waals surface area contributed by atoms with E-state index in [0.29, 0.717) is 10.8 Å². The van der Waals surface area contributed by atoms with E-state index in [0.717, 1.165) is 6.42 Å². The standard InChI is InChI=1S/C12H20O3S2/c1-4-10(3)17-16-8-6-7-15-12(14)11(5-2)9-13/h5-6,8,10,13H,4,7,9H2,1-3H3. The predicted molar refractivity (Wildman–Crippen MR) is 75.9 cm³/mol. The zero-order chi connectivity index (χ0) is 13.1. The van der Waals surface area contributed by atoms with Crippen molar-refractivity contribution in [1.82, 2.24) is 0 Å². The molecule has 0 aliphatic carbocycles. The van der Waals surface area contributed by atoms with Crippen LogP contribution in [0.2, 0.25) is 0 Å². The lowest BCUT2D eigenvalue weighted by Gasteiger charge is -2.04. The average molecular weight is 276 g/mol. The van der Waals surface area contributed by atoms with Crippen molar-refractivity contribution in [2.45, 2.75) is 32.4 Å². The Bertz CT molecular complexity index is 275. The predicted octanol–water partition coefficient (Wildman–Crippen LogP) is 3.16. The molecule has 3 nitrogen and oxygen atoms in total. The SMILES string of the molecule is CC=C(CO)C(=O)OCC=CSSC(C)CC. The highest BCUT2D eigenvalue weighted by molar-refractivity contribution is 8.78. The molecular formula is C12H20O3S2. The van der Waals surface area contributed by atoms with Crippen LogP contribution in [0.5, 0.6) is 0 Å². The van der Waals surface area contributed by atoms with Crippen LogP contribution in [0.4, 0.5) is 0 Å². The van der Waals surface area contributed by atoms with Crippen molar-refractivity contribution in [2.75, 3.05) is 13.2 Å². The fraction of sp³-hybridized carbons (Fsp3) is 0.583. The van der Waals surface area contributed by atoms with Gasteiger partial charge in [-0.05, 0) is 24.8 Å². The molecular weight excluding hydrogens is 256 g/mol. The van der Waals surface area contributed by atoms with Gasteiger partial charge in [0.05, 0.1) is 12.2 Å². The largest absolute Gasteiger partial charge is 0.458 e. The molecule has 0 heterocycles.